The summed E-state index contributed by atoms with van der Waals surface area (Å²) >= 11 is 4.65. The zero-order chi connectivity index (χ0) is 29.3. The molecule has 0 radical (unpaired) electrons. The van der Waals surface area contributed by atoms with Crippen LogP contribution in [0.15, 0.2) is 40.9 Å². The minimum atomic E-state index is -5.97. The minimum Gasteiger partial charge on any atom is -0.349 e. The molecule has 0 spiro atoms. The fourth-order valence-electron chi connectivity index (χ4n) is 3.48. The molecular formula is C23H22Br2F6N2O4S. The van der Waals surface area contributed by atoms with Gasteiger partial charge in [0.25, 0.3) is 11.8 Å². The molecule has 0 aliphatic heterocycles. The number of anilines is 1. The molecule has 2 aromatic carbocycles. The van der Waals surface area contributed by atoms with Gasteiger partial charge in [-0.1, -0.05) is 25.1 Å². The second-order valence-corrected chi connectivity index (χ2v) is 12.6. The van der Waals surface area contributed by atoms with E-state index in [0.717, 1.165) is 6.07 Å². The number of amides is 2. The second-order valence-electron chi connectivity index (χ2n) is 8.37. The zero-order valence-corrected chi connectivity index (χ0v) is 24.0. The van der Waals surface area contributed by atoms with E-state index in [9.17, 15) is 44.3 Å². The monoisotopic (exact) mass is 694 g/mol. The summed E-state index contributed by atoms with van der Waals surface area (Å²) in [6.45, 7) is 4.10. The molecule has 1 unspecified atom stereocenters. The Bertz CT molecular complexity index is 1320. The van der Waals surface area contributed by atoms with Gasteiger partial charge in [0.2, 0.25) is 0 Å². The topological polar surface area (TPSA) is 92.3 Å². The summed E-state index contributed by atoms with van der Waals surface area (Å²) in [5, 5.41) is 4.87. The maximum Gasteiger partial charge on any atom is 0.433 e. The Morgan fingerprint density at radius 1 is 1.03 bits per heavy atom. The first-order valence-corrected chi connectivity index (χ1v) is 14.2. The maximum atomic E-state index is 14.7. The van der Waals surface area contributed by atoms with Gasteiger partial charge >= 0.3 is 16.7 Å². The van der Waals surface area contributed by atoms with E-state index in [0.29, 0.717) is 12.1 Å². The molecule has 15 heteroatoms. The summed E-state index contributed by atoms with van der Waals surface area (Å²) < 4.78 is 106. The van der Waals surface area contributed by atoms with Crippen molar-refractivity contribution in [1.29, 1.82) is 0 Å². The standard InChI is InChI=1S/C23H22Br2F6N2O4S/c1-4-38(36,37)11-13(3)32-20(35)18-15(6-5-7-16(18)24)19(34)33-17-9-8-14(10-12(17)2)21(26,22(25,27)28)23(29,30)31/h5-10,13H,4,11H2,1-3H3,(H,32,35)(H,33,34)/t13-,21?/m0/s1. The van der Waals surface area contributed by atoms with Crippen molar-refractivity contribution in [3.05, 3.63) is 63.1 Å². The number of rotatable bonds is 9. The molecule has 0 bridgehead atoms. The van der Waals surface area contributed by atoms with Crippen molar-refractivity contribution in [3.63, 3.8) is 0 Å². The number of nitrogens with one attached hydrogen (secondary N) is 2. The Morgan fingerprint density at radius 2 is 1.63 bits per heavy atom. The predicted molar refractivity (Wildman–Crippen MR) is 137 cm³/mol. The van der Waals surface area contributed by atoms with E-state index in [4.69, 9.17) is 0 Å². The molecule has 0 saturated heterocycles. The third-order valence-corrected chi connectivity index (χ3v) is 8.55. The first-order chi connectivity index (χ1) is 17.2. The molecule has 0 aromatic heterocycles. The molecule has 210 valence electrons. The van der Waals surface area contributed by atoms with Crippen LogP contribution >= 0.6 is 31.9 Å². The van der Waals surface area contributed by atoms with E-state index >= 15 is 0 Å². The molecule has 2 rings (SSSR count). The summed E-state index contributed by atoms with van der Waals surface area (Å²) in [5.41, 5.74) is -7.08. The molecular weight excluding hydrogens is 674 g/mol. The van der Waals surface area contributed by atoms with Gasteiger partial charge in [-0.05, 0) is 69.5 Å². The van der Waals surface area contributed by atoms with Gasteiger partial charge in [0.05, 0.1) is 16.9 Å². The quantitative estimate of drug-likeness (QED) is 0.239. The molecule has 2 atom stereocenters. The summed E-state index contributed by atoms with van der Waals surface area (Å²) in [4.78, 5) is 20.9. The molecule has 0 aliphatic rings. The van der Waals surface area contributed by atoms with Crippen LogP contribution in [0.2, 0.25) is 0 Å². The van der Waals surface area contributed by atoms with Gasteiger partial charge in [-0.2, -0.15) is 22.0 Å². The normalized spacial score (nSPS) is 14.9. The van der Waals surface area contributed by atoms with Crippen LogP contribution in [0.25, 0.3) is 0 Å². The zero-order valence-electron chi connectivity index (χ0n) is 20.0. The number of halogens is 8. The van der Waals surface area contributed by atoms with Gasteiger partial charge in [-0.15, -0.1) is 0 Å². The average molecular weight is 696 g/mol. The molecule has 0 fully saturated rings. The number of carbonyl (C=O) groups excluding carboxylic acids is 2. The van der Waals surface area contributed by atoms with Crippen molar-refractivity contribution in [2.24, 2.45) is 0 Å². The highest BCUT2D eigenvalue weighted by molar-refractivity contribution is 9.10. The van der Waals surface area contributed by atoms with E-state index in [1.165, 1.54) is 54.9 Å². The number of hydrogen-bond acceptors (Lipinski definition) is 4. The minimum absolute atomic E-state index is 0.130. The molecule has 0 heterocycles. The molecule has 6 nitrogen and oxygen atoms in total. The average Bonchev–Trinajstić information content (AvgIpc) is 2.77. The second kappa shape index (κ2) is 11.5. The predicted octanol–water partition coefficient (Wildman–Crippen LogP) is 6.28. The number of alkyl halides is 7. The van der Waals surface area contributed by atoms with E-state index in [1.807, 2.05) is 0 Å². The highest BCUT2D eigenvalue weighted by atomic mass is 79.9. The van der Waals surface area contributed by atoms with Gasteiger partial charge in [0.1, 0.15) is 0 Å². The van der Waals surface area contributed by atoms with E-state index in [-0.39, 0.29) is 38.4 Å². The highest BCUT2D eigenvalue weighted by Crippen LogP contribution is 2.55. The first-order valence-electron chi connectivity index (χ1n) is 10.8. The van der Waals surface area contributed by atoms with Gasteiger partial charge in [-0.3, -0.25) is 9.59 Å². The summed E-state index contributed by atoms with van der Waals surface area (Å²) in [5.74, 6) is -2.14. The molecule has 2 N–H and O–H groups in total. The van der Waals surface area contributed by atoms with Crippen molar-refractivity contribution in [2.45, 2.75) is 43.5 Å². The van der Waals surface area contributed by atoms with Crippen LogP contribution in [0.5, 0.6) is 0 Å². The summed E-state index contributed by atoms with van der Waals surface area (Å²) in [7, 11) is -3.41. The molecule has 2 amide bonds. The van der Waals surface area contributed by atoms with E-state index in [1.54, 1.807) is 0 Å². The lowest BCUT2D eigenvalue weighted by Crippen LogP contribution is -2.49. The fourth-order valence-corrected chi connectivity index (χ4v) is 5.56. The van der Waals surface area contributed by atoms with Crippen LogP contribution in [0, 0.1) is 6.92 Å². The third-order valence-electron chi connectivity index (χ3n) is 5.46. The third kappa shape index (κ3) is 6.89. The number of sulfone groups is 1. The number of hydrogen-bond donors (Lipinski definition) is 2. The molecule has 38 heavy (non-hydrogen) atoms. The van der Waals surface area contributed by atoms with Crippen LogP contribution in [-0.4, -0.2) is 48.8 Å². The van der Waals surface area contributed by atoms with Crippen LogP contribution in [0.1, 0.15) is 45.7 Å². The van der Waals surface area contributed by atoms with Crippen molar-refractivity contribution in [2.75, 3.05) is 16.8 Å². The Labute approximate surface area is 231 Å². The molecule has 2 aromatic rings. The lowest BCUT2D eigenvalue weighted by Gasteiger charge is -2.32. The van der Waals surface area contributed by atoms with Gasteiger partial charge in [-0.25, -0.2) is 12.8 Å². The first kappa shape index (κ1) is 32.1. The van der Waals surface area contributed by atoms with Crippen molar-refractivity contribution in [3.8, 4) is 0 Å². The Kier molecular flexibility index (Phi) is 9.75. The highest BCUT2D eigenvalue weighted by Gasteiger charge is 2.71. The summed E-state index contributed by atoms with van der Waals surface area (Å²) in [6, 6.07) is 5.18. The Hall–Kier alpha value is -2.13. The number of benzene rings is 2. The SMILES string of the molecule is CCS(=O)(=O)C[C@H](C)NC(=O)c1c(Br)cccc1C(=O)Nc1ccc(C(F)(C(F)(F)F)C(F)(F)Br)cc1C. The lowest BCUT2D eigenvalue weighted by molar-refractivity contribution is -0.282. The molecule has 0 saturated carbocycles. The Balaban J connectivity index is 2.39. The smallest absolute Gasteiger partial charge is 0.349 e. The van der Waals surface area contributed by atoms with Gasteiger partial charge in [0.15, 0.2) is 9.84 Å². The molecule has 0 aliphatic carbocycles. The van der Waals surface area contributed by atoms with E-state index in [2.05, 4.69) is 26.6 Å². The van der Waals surface area contributed by atoms with Crippen molar-refractivity contribution < 1.29 is 44.3 Å². The largest absolute Gasteiger partial charge is 0.433 e. The Morgan fingerprint density at radius 3 is 2.13 bits per heavy atom. The van der Waals surface area contributed by atoms with Crippen molar-refractivity contribution >= 4 is 59.2 Å². The van der Waals surface area contributed by atoms with Crippen LogP contribution in [0.4, 0.5) is 32.0 Å². The fraction of sp³-hybridized carbons (Fsp3) is 0.391. The lowest BCUT2D eigenvalue weighted by atomic mass is 9.93. The number of carbonyl (C=O) groups is 2. The maximum absolute atomic E-state index is 14.7. The van der Waals surface area contributed by atoms with E-state index < -0.39 is 49.9 Å². The van der Waals surface area contributed by atoms with Gasteiger partial charge < -0.3 is 10.6 Å². The van der Waals surface area contributed by atoms with Crippen LogP contribution in [0.3, 0.4) is 0 Å². The number of aryl methyl sites for hydroxylation is 1. The van der Waals surface area contributed by atoms with Crippen LogP contribution < -0.4 is 10.6 Å². The van der Waals surface area contributed by atoms with Crippen LogP contribution in [-0.2, 0) is 15.5 Å². The van der Waals surface area contributed by atoms with Gasteiger partial charge in [0, 0.05) is 27.5 Å². The van der Waals surface area contributed by atoms with Crippen molar-refractivity contribution in [1.82, 2.24) is 5.32 Å². The summed E-state index contributed by atoms with van der Waals surface area (Å²) in [6.07, 6.45) is -5.97.